The molecule has 1 aromatic carbocycles. The van der Waals surface area contributed by atoms with Crippen LogP contribution in [0.5, 0.6) is 0 Å². The molecule has 0 aliphatic carbocycles. The Morgan fingerprint density at radius 1 is 1.42 bits per heavy atom. The molecule has 130 valence electrons. The van der Waals surface area contributed by atoms with Crippen molar-refractivity contribution in [2.45, 2.75) is 18.6 Å². The quantitative estimate of drug-likeness (QED) is 0.497. The molecule has 3 rings (SSSR count). The number of nitrogens with zero attached hydrogens (tertiary/aromatic N) is 3. The Morgan fingerprint density at radius 3 is 2.92 bits per heavy atom. The number of benzene rings is 1. The molecule has 1 aromatic rings. The molecule has 1 fully saturated rings. The van der Waals surface area contributed by atoms with Gasteiger partial charge in [-0.05, 0) is 24.1 Å². The number of aliphatic hydroxyl groups excluding tert-OH is 1. The molecule has 2 unspecified atom stereocenters. The van der Waals surface area contributed by atoms with Crippen LogP contribution in [0.15, 0.2) is 41.4 Å². The van der Waals surface area contributed by atoms with Gasteiger partial charge in [0.1, 0.15) is 5.82 Å². The van der Waals surface area contributed by atoms with Crippen LogP contribution in [0.4, 0.5) is 4.39 Å². The minimum Gasteiger partial charge on any atom is -0.387 e. The molecule has 24 heavy (non-hydrogen) atoms. The highest BCUT2D eigenvalue weighted by molar-refractivity contribution is 5.80. The van der Waals surface area contributed by atoms with Crippen LogP contribution in [0.1, 0.15) is 18.1 Å². The molecule has 0 radical (unpaired) electrons. The van der Waals surface area contributed by atoms with E-state index in [1.807, 2.05) is 0 Å². The summed E-state index contributed by atoms with van der Waals surface area (Å²) in [7, 11) is 1.75. The number of likely N-dealkylation sites (tertiary alicyclic amines) is 1. The van der Waals surface area contributed by atoms with Gasteiger partial charge in [-0.25, -0.2) is 4.39 Å². The summed E-state index contributed by atoms with van der Waals surface area (Å²) < 4.78 is 13.3. The van der Waals surface area contributed by atoms with Gasteiger partial charge in [-0.1, -0.05) is 24.3 Å². The van der Waals surface area contributed by atoms with E-state index in [1.165, 1.54) is 12.1 Å². The van der Waals surface area contributed by atoms with Crippen molar-refractivity contribution in [1.29, 1.82) is 0 Å². The Balaban J connectivity index is 1.52. The Morgan fingerprint density at radius 2 is 2.21 bits per heavy atom. The number of rotatable bonds is 4. The Hall–Kier alpha value is -1.92. The van der Waals surface area contributed by atoms with Gasteiger partial charge in [0.25, 0.3) is 0 Å². The maximum Gasteiger partial charge on any atom is 0.193 e. The fourth-order valence-corrected chi connectivity index (χ4v) is 3.38. The molecule has 2 aliphatic rings. The highest BCUT2D eigenvalue weighted by Crippen LogP contribution is 2.18. The molecular weight excluding hydrogens is 307 g/mol. The van der Waals surface area contributed by atoms with Crippen LogP contribution in [-0.2, 0) is 0 Å². The average molecular weight is 332 g/mol. The molecule has 0 amide bonds. The highest BCUT2D eigenvalue weighted by Gasteiger charge is 2.29. The fraction of sp³-hybridized carbons (Fsp3) is 0.500. The minimum absolute atomic E-state index is 0.308. The molecule has 0 bridgehead atoms. The zero-order valence-corrected chi connectivity index (χ0v) is 14.0. The molecule has 2 aliphatic heterocycles. The third-order valence-corrected chi connectivity index (χ3v) is 4.72. The molecule has 6 heteroatoms. The van der Waals surface area contributed by atoms with Crippen molar-refractivity contribution in [2.75, 3.05) is 39.8 Å². The Bertz CT molecular complexity index is 611. The zero-order chi connectivity index (χ0) is 16.9. The average Bonchev–Trinajstić information content (AvgIpc) is 3.26. The van der Waals surface area contributed by atoms with Gasteiger partial charge < -0.3 is 15.3 Å². The molecule has 0 aromatic heterocycles. The molecule has 1 saturated heterocycles. The van der Waals surface area contributed by atoms with E-state index in [0.717, 1.165) is 38.6 Å². The van der Waals surface area contributed by atoms with Crippen molar-refractivity contribution in [3.63, 3.8) is 0 Å². The number of hydrogen-bond acceptors (Lipinski definition) is 3. The predicted molar refractivity (Wildman–Crippen MR) is 93.4 cm³/mol. The number of halogens is 1. The summed E-state index contributed by atoms with van der Waals surface area (Å²) in [6, 6.07) is 6.62. The summed E-state index contributed by atoms with van der Waals surface area (Å²) in [6.07, 6.45) is 4.78. The van der Waals surface area contributed by atoms with Crippen LogP contribution in [0, 0.1) is 5.82 Å². The predicted octanol–water partition coefficient (Wildman–Crippen LogP) is 1.38. The smallest absolute Gasteiger partial charge is 0.193 e. The molecule has 5 nitrogen and oxygen atoms in total. The zero-order valence-electron chi connectivity index (χ0n) is 14.0. The number of aliphatic hydroxyl groups is 1. The summed E-state index contributed by atoms with van der Waals surface area (Å²) in [5, 5.41) is 13.4. The monoisotopic (exact) mass is 332 g/mol. The summed E-state index contributed by atoms with van der Waals surface area (Å²) in [6.45, 7) is 4.27. The van der Waals surface area contributed by atoms with E-state index >= 15 is 0 Å². The Kier molecular flexibility index (Phi) is 5.48. The lowest BCUT2D eigenvalue weighted by molar-refractivity contribution is 0.179. The summed E-state index contributed by atoms with van der Waals surface area (Å²) in [5.41, 5.74) is 0.570. The third-order valence-electron chi connectivity index (χ3n) is 4.72. The molecule has 2 N–H and O–H groups in total. The first-order valence-corrected chi connectivity index (χ1v) is 8.45. The number of guanidine groups is 1. The second-order valence-electron chi connectivity index (χ2n) is 6.31. The second-order valence-corrected chi connectivity index (χ2v) is 6.31. The first-order chi connectivity index (χ1) is 11.7. The van der Waals surface area contributed by atoms with Crippen molar-refractivity contribution >= 4 is 5.96 Å². The van der Waals surface area contributed by atoms with E-state index in [-0.39, 0.29) is 5.82 Å². The van der Waals surface area contributed by atoms with Gasteiger partial charge in [-0.2, -0.15) is 0 Å². The molecular formula is C18H25FN4O. The van der Waals surface area contributed by atoms with Gasteiger partial charge in [-0.15, -0.1) is 0 Å². The van der Waals surface area contributed by atoms with Crippen molar-refractivity contribution in [3.8, 4) is 0 Å². The van der Waals surface area contributed by atoms with E-state index < -0.39 is 6.10 Å². The van der Waals surface area contributed by atoms with E-state index in [2.05, 4.69) is 32.3 Å². The van der Waals surface area contributed by atoms with Crippen LogP contribution in [0.2, 0.25) is 0 Å². The number of nitrogens with one attached hydrogen (secondary N) is 1. The summed E-state index contributed by atoms with van der Waals surface area (Å²) in [5.74, 6) is 0.456. The standard InChI is InChI=1S/C18H25FN4O/c1-20-18(21-12-17(24)14-5-4-6-15(19)11-14)23-10-7-16(13-23)22-8-2-3-9-22/h2-6,11,16-17,24H,7-10,12-13H2,1H3,(H,20,21). The summed E-state index contributed by atoms with van der Waals surface area (Å²) in [4.78, 5) is 9.02. The normalized spacial score (nSPS) is 23.0. The lowest BCUT2D eigenvalue weighted by Crippen LogP contribution is -2.43. The van der Waals surface area contributed by atoms with Gasteiger partial charge >= 0.3 is 0 Å². The van der Waals surface area contributed by atoms with Gasteiger partial charge in [-0.3, -0.25) is 9.89 Å². The van der Waals surface area contributed by atoms with Crippen LogP contribution in [0.25, 0.3) is 0 Å². The largest absolute Gasteiger partial charge is 0.387 e. The van der Waals surface area contributed by atoms with E-state index in [0.29, 0.717) is 18.2 Å². The Labute approximate surface area is 142 Å². The number of aliphatic imine (C=N–C) groups is 1. The first kappa shape index (κ1) is 16.9. The third kappa shape index (κ3) is 3.94. The van der Waals surface area contributed by atoms with Gasteiger partial charge in [0.15, 0.2) is 5.96 Å². The van der Waals surface area contributed by atoms with Crippen LogP contribution >= 0.6 is 0 Å². The molecule has 0 spiro atoms. The highest BCUT2D eigenvalue weighted by atomic mass is 19.1. The maximum atomic E-state index is 13.3. The summed E-state index contributed by atoms with van der Waals surface area (Å²) >= 11 is 0. The first-order valence-electron chi connectivity index (χ1n) is 8.45. The number of hydrogen-bond donors (Lipinski definition) is 2. The molecule has 2 heterocycles. The van der Waals surface area contributed by atoms with Gasteiger partial charge in [0, 0.05) is 45.8 Å². The van der Waals surface area contributed by atoms with Crippen molar-refractivity contribution in [3.05, 3.63) is 47.8 Å². The minimum atomic E-state index is -0.765. The van der Waals surface area contributed by atoms with Crippen LogP contribution < -0.4 is 5.32 Å². The lowest BCUT2D eigenvalue weighted by Gasteiger charge is -2.26. The van der Waals surface area contributed by atoms with E-state index in [4.69, 9.17) is 0 Å². The maximum absolute atomic E-state index is 13.3. The van der Waals surface area contributed by atoms with Crippen LogP contribution in [0.3, 0.4) is 0 Å². The fourth-order valence-electron chi connectivity index (χ4n) is 3.38. The van der Waals surface area contributed by atoms with Gasteiger partial charge in [0.05, 0.1) is 6.10 Å². The van der Waals surface area contributed by atoms with E-state index in [1.54, 1.807) is 19.2 Å². The van der Waals surface area contributed by atoms with Crippen LogP contribution in [-0.4, -0.2) is 66.7 Å². The van der Waals surface area contributed by atoms with Crippen molar-refractivity contribution < 1.29 is 9.50 Å². The van der Waals surface area contributed by atoms with E-state index in [9.17, 15) is 9.50 Å². The second kappa shape index (κ2) is 7.77. The van der Waals surface area contributed by atoms with Crippen molar-refractivity contribution in [2.24, 2.45) is 4.99 Å². The molecule has 2 atom stereocenters. The van der Waals surface area contributed by atoms with Gasteiger partial charge in [0.2, 0.25) is 0 Å². The topological polar surface area (TPSA) is 51.1 Å². The molecule has 0 saturated carbocycles. The van der Waals surface area contributed by atoms with Crippen molar-refractivity contribution in [1.82, 2.24) is 15.1 Å². The SMILES string of the molecule is CN=C(NCC(O)c1cccc(F)c1)N1CCC(N2CC=CC2)C1. The lowest BCUT2D eigenvalue weighted by atomic mass is 10.1.